The van der Waals surface area contributed by atoms with Gasteiger partial charge in [-0.05, 0) is 85.5 Å². The number of aromatic nitrogens is 1. The molecule has 1 saturated heterocycles. The maximum absolute atomic E-state index is 12.8. The van der Waals surface area contributed by atoms with Gasteiger partial charge in [0, 0.05) is 24.1 Å². The molecule has 30 heavy (non-hydrogen) atoms. The van der Waals surface area contributed by atoms with Gasteiger partial charge in [-0.25, -0.2) is 0 Å². The first-order valence-corrected chi connectivity index (χ1v) is 10.9. The molecule has 0 radical (unpaired) electrons. The number of nitrogens with zero attached hydrogens (tertiary/aromatic N) is 2. The van der Waals surface area contributed by atoms with Crippen molar-refractivity contribution in [2.75, 3.05) is 6.54 Å². The van der Waals surface area contributed by atoms with Crippen LogP contribution in [0.25, 0.3) is 11.8 Å². The average Bonchev–Trinajstić information content (AvgIpc) is 3.31. The fourth-order valence-electron chi connectivity index (χ4n) is 3.54. The number of hydrogen-bond acceptors (Lipinski definition) is 3. The monoisotopic (exact) mass is 416 g/mol. The summed E-state index contributed by atoms with van der Waals surface area (Å²) in [6.45, 7) is 4.61. The van der Waals surface area contributed by atoms with Crippen LogP contribution in [0, 0.1) is 13.8 Å². The van der Waals surface area contributed by atoms with Gasteiger partial charge >= 0.3 is 0 Å². The van der Waals surface area contributed by atoms with Crippen molar-refractivity contribution in [1.29, 1.82) is 0 Å². The van der Waals surface area contributed by atoms with E-state index < -0.39 is 0 Å². The van der Waals surface area contributed by atoms with E-state index in [0.29, 0.717) is 11.4 Å². The Bertz CT molecular complexity index is 1120. The number of amides is 2. The van der Waals surface area contributed by atoms with Gasteiger partial charge in [0.1, 0.15) is 0 Å². The van der Waals surface area contributed by atoms with Crippen LogP contribution in [0.5, 0.6) is 0 Å². The first kappa shape index (κ1) is 20.2. The van der Waals surface area contributed by atoms with E-state index in [0.717, 1.165) is 36.0 Å². The summed E-state index contributed by atoms with van der Waals surface area (Å²) in [6, 6.07) is 20.3. The normalized spacial score (nSPS) is 15.4. The van der Waals surface area contributed by atoms with E-state index in [-0.39, 0.29) is 11.1 Å². The number of carbonyl (C=O) groups excluding carboxylic acids is 2. The standard InChI is InChI=1S/C25H24N2O2S/c1-18-12-13-22(16-19(18)2)26-14-7-11-21(26)17-23-24(28)27(25(29)30-23)15-6-10-20-8-4-3-5-9-20/h3-5,7-9,11-14,16-17H,6,10,15H2,1-2H3/b23-17+. The maximum atomic E-state index is 12.8. The lowest BCUT2D eigenvalue weighted by Gasteiger charge is -2.12. The highest BCUT2D eigenvalue weighted by molar-refractivity contribution is 8.18. The van der Waals surface area contributed by atoms with Gasteiger partial charge in [0.25, 0.3) is 11.1 Å². The van der Waals surface area contributed by atoms with Crippen molar-refractivity contribution >= 4 is 29.0 Å². The highest BCUT2D eigenvalue weighted by Gasteiger charge is 2.34. The Morgan fingerprint density at radius 3 is 2.50 bits per heavy atom. The van der Waals surface area contributed by atoms with E-state index in [4.69, 9.17) is 0 Å². The Morgan fingerprint density at radius 2 is 1.73 bits per heavy atom. The minimum absolute atomic E-state index is 0.191. The van der Waals surface area contributed by atoms with Gasteiger partial charge in [-0.15, -0.1) is 0 Å². The predicted octanol–water partition coefficient (Wildman–Crippen LogP) is 5.76. The minimum Gasteiger partial charge on any atom is -0.317 e. The third-order valence-electron chi connectivity index (χ3n) is 5.39. The van der Waals surface area contributed by atoms with E-state index in [9.17, 15) is 9.59 Å². The fraction of sp³-hybridized carbons (Fsp3) is 0.200. The highest BCUT2D eigenvalue weighted by atomic mass is 32.2. The molecule has 0 aliphatic carbocycles. The zero-order valence-electron chi connectivity index (χ0n) is 17.2. The molecule has 5 heteroatoms. The first-order chi connectivity index (χ1) is 14.5. The lowest BCUT2D eigenvalue weighted by Crippen LogP contribution is -2.29. The molecule has 0 unspecified atom stereocenters. The largest absolute Gasteiger partial charge is 0.317 e. The molecule has 4 rings (SSSR count). The van der Waals surface area contributed by atoms with Crippen LogP contribution in [0.1, 0.15) is 28.8 Å². The molecule has 2 aromatic carbocycles. The molecular weight excluding hydrogens is 392 g/mol. The molecule has 0 saturated carbocycles. The molecule has 1 aromatic heterocycles. The Morgan fingerprint density at radius 1 is 0.933 bits per heavy atom. The molecule has 0 atom stereocenters. The van der Waals surface area contributed by atoms with Crippen LogP contribution in [-0.4, -0.2) is 27.2 Å². The number of hydrogen-bond donors (Lipinski definition) is 0. The van der Waals surface area contributed by atoms with Gasteiger partial charge < -0.3 is 4.57 Å². The molecular formula is C25H24N2O2S. The number of carbonyl (C=O) groups is 2. The molecule has 0 bridgehead atoms. The molecule has 1 aliphatic heterocycles. The number of rotatable bonds is 6. The average molecular weight is 417 g/mol. The van der Waals surface area contributed by atoms with Crippen molar-refractivity contribution in [3.05, 3.63) is 94.1 Å². The van der Waals surface area contributed by atoms with Crippen LogP contribution in [0.2, 0.25) is 0 Å². The minimum atomic E-state index is -0.203. The number of imide groups is 1. The second kappa shape index (κ2) is 8.76. The van der Waals surface area contributed by atoms with Gasteiger partial charge in [-0.2, -0.15) is 0 Å². The molecule has 3 aromatic rings. The van der Waals surface area contributed by atoms with Gasteiger partial charge in [0.15, 0.2) is 0 Å². The zero-order valence-corrected chi connectivity index (χ0v) is 18.0. The molecule has 4 nitrogen and oxygen atoms in total. The van der Waals surface area contributed by atoms with Crippen molar-refractivity contribution < 1.29 is 9.59 Å². The molecule has 0 N–H and O–H groups in total. The van der Waals surface area contributed by atoms with E-state index >= 15 is 0 Å². The van der Waals surface area contributed by atoms with Crippen molar-refractivity contribution in [2.24, 2.45) is 0 Å². The van der Waals surface area contributed by atoms with Gasteiger partial charge in [0.05, 0.1) is 4.91 Å². The number of thioether (sulfide) groups is 1. The Kier molecular flexibility index (Phi) is 5.91. The molecule has 1 aliphatic rings. The van der Waals surface area contributed by atoms with Gasteiger partial charge in [0.2, 0.25) is 0 Å². The third-order valence-corrected chi connectivity index (χ3v) is 6.30. The summed E-state index contributed by atoms with van der Waals surface area (Å²) in [7, 11) is 0. The Hall–Kier alpha value is -3.05. The third kappa shape index (κ3) is 4.26. The van der Waals surface area contributed by atoms with Crippen molar-refractivity contribution in [1.82, 2.24) is 9.47 Å². The smallest absolute Gasteiger partial charge is 0.293 e. The van der Waals surface area contributed by atoms with Crippen LogP contribution in [0.4, 0.5) is 4.79 Å². The highest BCUT2D eigenvalue weighted by Crippen LogP contribution is 2.33. The quantitative estimate of drug-likeness (QED) is 0.480. The topological polar surface area (TPSA) is 42.3 Å². The van der Waals surface area contributed by atoms with E-state index in [1.807, 2.05) is 47.2 Å². The van der Waals surface area contributed by atoms with E-state index in [2.05, 4.69) is 44.2 Å². The van der Waals surface area contributed by atoms with Crippen LogP contribution in [-0.2, 0) is 11.2 Å². The predicted molar refractivity (Wildman–Crippen MR) is 123 cm³/mol. The summed E-state index contributed by atoms with van der Waals surface area (Å²) in [4.78, 5) is 27.1. The van der Waals surface area contributed by atoms with E-state index in [1.165, 1.54) is 21.6 Å². The van der Waals surface area contributed by atoms with E-state index in [1.54, 1.807) is 0 Å². The van der Waals surface area contributed by atoms with Crippen LogP contribution >= 0.6 is 11.8 Å². The number of aryl methyl sites for hydroxylation is 3. The summed E-state index contributed by atoms with van der Waals surface area (Å²) < 4.78 is 2.04. The lowest BCUT2D eigenvalue weighted by atomic mass is 10.1. The SMILES string of the molecule is Cc1ccc(-n2cccc2/C=C2/SC(=O)N(CCCc3ccccc3)C2=O)cc1C. The summed E-state index contributed by atoms with van der Waals surface area (Å²) in [6.07, 6.45) is 5.39. The van der Waals surface area contributed by atoms with Crippen LogP contribution in [0.3, 0.4) is 0 Å². The van der Waals surface area contributed by atoms with Crippen LogP contribution in [0.15, 0.2) is 71.8 Å². The Balaban J connectivity index is 1.49. The second-order valence-corrected chi connectivity index (χ2v) is 8.49. The maximum Gasteiger partial charge on any atom is 0.293 e. The van der Waals surface area contributed by atoms with Crippen molar-refractivity contribution in [2.45, 2.75) is 26.7 Å². The summed E-state index contributed by atoms with van der Waals surface area (Å²) in [5.41, 5.74) is 5.59. The summed E-state index contributed by atoms with van der Waals surface area (Å²) in [5.74, 6) is -0.203. The molecule has 2 heterocycles. The first-order valence-electron chi connectivity index (χ1n) is 10.1. The van der Waals surface area contributed by atoms with Gasteiger partial charge in [-0.3, -0.25) is 14.5 Å². The molecule has 0 spiro atoms. The van der Waals surface area contributed by atoms with Crippen molar-refractivity contribution in [3.63, 3.8) is 0 Å². The van der Waals surface area contributed by atoms with Crippen LogP contribution < -0.4 is 0 Å². The fourth-order valence-corrected chi connectivity index (χ4v) is 4.39. The van der Waals surface area contributed by atoms with Gasteiger partial charge in [-0.1, -0.05) is 36.4 Å². The lowest BCUT2D eigenvalue weighted by molar-refractivity contribution is -0.122. The molecule has 1 fully saturated rings. The second-order valence-electron chi connectivity index (χ2n) is 7.49. The molecule has 2 amide bonds. The summed E-state index contributed by atoms with van der Waals surface area (Å²) >= 11 is 1.02. The summed E-state index contributed by atoms with van der Waals surface area (Å²) in [5, 5.41) is -0.191. The zero-order chi connectivity index (χ0) is 21.1. The molecule has 152 valence electrons. The number of benzene rings is 2. The Labute approximate surface area is 181 Å². The van der Waals surface area contributed by atoms with Crippen molar-refractivity contribution in [3.8, 4) is 5.69 Å².